The van der Waals surface area contributed by atoms with Crippen LogP contribution in [0.5, 0.6) is 11.5 Å². The fraction of sp³-hybridized carbons (Fsp3) is 0.238. The molecule has 3 rings (SSSR count). The van der Waals surface area contributed by atoms with Gasteiger partial charge in [-0.25, -0.2) is 4.98 Å². The zero-order valence-corrected chi connectivity index (χ0v) is 16.3. The second-order valence-corrected chi connectivity index (χ2v) is 6.08. The van der Waals surface area contributed by atoms with E-state index in [1.807, 2.05) is 31.2 Å². The van der Waals surface area contributed by atoms with Gasteiger partial charge in [0.25, 0.3) is 0 Å². The van der Waals surface area contributed by atoms with E-state index in [0.29, 0.717) is 36.2 Å². The van der Waals surface area contributed by atoms with Crippen LogP contribution in [-0.2, 0) is 11.2 Å². The van der Waals surface area contributed by atoms with Crippen molar-refractivity contribution in [3.8, 4) is 23.4 Å². The Labute approximate surface area is 168 Å². The van der Waals surface area contributed by atoms with Gasteiger partial charge < -0.3 is 14.8 Å². The molecule has 1 N–H and O–H groups in total. The molecule has 1 amide bonds. The van der Waals surface area contributed by atoms with Crippen LogP contribution >= 0.6 is 0 Å². The number of aryl methyl sites for hydroxylation is 1. The first kappa shape index (κ1) is 19.9. The molecule has 8 nitrogen and oxygen atoms in total. The molecule has 3 aromatic rings. The van der Waals surface area contributed by atoms with E-state index < -0.39 is 0 Å². The first-order valence-electron chi connectivity index (χ1n) is 9.15. The van der Waals surface area contributed by atoms with Gasteiger partial charge in [-0.1, -0.05) is 12.1 Å². The van der Waals surface area contributed by atoms with Crippen LogP contribution in [0.15, 0.2) is 48.8 Å². The fourth-order valence-corrected chi connectivity index (χ4v) is 2.80. The Hall–Kier alpha value is -3.86. The molecule has 2 aromatic heterocycles. The Morgan fingerprint density at radius 3 is 2.83 bits per heavy atom. The summed E-state index contributed by atoms with van der Waals surface area (Å²) in [5.74, 6) is 1.89. The number of nitriles is 1. The van der Waals surface area contributed by atoms with Crippen LogP contribution < -0.4 is 14.8 Å². The number of benzene rings is 1. The van der Waals surface area contributed by atoms with Gasteiger partial charge in [-0.05, 0) is 43.2 Å². The molecule has 0 aliphatic heterocycles. The van der Waals surface area contributed by atoms with Crippen LogP contribution in [0.2, 0.25) is 0 Å². The summed E-state index contributed by atoms with van der Waals surface area (Å²) in [5.41, 5.74) is 1.21. The summed E-state index contributed by atoms with van der Waals surface area (Å²) in [6.07, 6.45) is 3.76. The van der Waals surface area contributed by atoms with E-state index >= 15 is 0 Å². The molecule has 29 heavy (non-hydrogen) atoms. The number of anilines is 1. The normalized spacial score (nSPS) is 10.2. The number of nitrogens with one attached hydrogen (secondary N) is 1. The summed E-state index contributed by atoms with van der Waals surface area (Å²) < 4.78 is 12.3. The topological polar surface area (TPSA) is 102 Å². The molecule has 0 radical (unpaired) electrons. The highest BCUT2D eigenvalue weighted by Gasteiger charge is 2.16. The van der Waals surface area contributed by atoms with Crippen molar-refractivity contribution >= 4 is 11.7 Å². The van der Waals surface area contributed by atoms with Crippen LogP contribution in [0.25, 0.3) is 5.82 Å². The largest absolute Gasteiger partial charge is 0.493 e. The molecule has 1 aromatic carbocycles. The average molecular weight is 391 g/mol. The summed E-state index contributed by atoms with van der Waals surface area (Å²) >= 11 is 0. The molecule has 8 heteroatoms. The molecule has 0 unspecified atom stereocenters. The van der Waals surface area contributed by atoms with Crippen molar-refractivity contribution in [1.29, 1.82) is 5.26 Å². The van der Waals surface area contributed by atoms with Crippen LogP contribution in [-0.4, -0.2) is 34.4 Å². The third-order valence-corrected chi connectivity index (χ3v) is 4.18. The maximum atomic E-state index is 12.5. The van der Waals surface area contributed by atoms with E-state index in [2.05, 4.69) is 15.4 Å². The van der Waals surface area contributed by atoms with E-state index in [-0.39, 0.29) is 17.9 Å². The minimum absolute atomic E-state index is 0.230. The second-order valence-electron chi connectivity index (χ2n) is 6.08. The molecule has 0 fully saturated rings. The number of carbonyl (C=O) groups is 1. The lowest BCUT2D eigenvalue weighted by atomic mass is 10.1. The first-order valence-corrected chi connectivity index (χ1v) is 9.15. The minimum atomic E-state index is -0.230. The predicted octanol–water partition coefficient (Wildman–Crippen LogP) is 3.12. The van der Waals surface area contributed by atoms with E-state index in [1.165, 1.54) is 10.9 Å². The molecule has 148 valence electrons. The minimum Gasteiger partial charge on any atom is -0.493 e. The Morgan fingerprint density at radius 2 is 2.14 bits per heavy atom. The maximum Gasteiger partial charge on any atom is 0.225 e. The number of hydrogen-bond acceptors (Lipinski definition) is 6. The summed E-state index contributed by atoms with van der Waals surface area (Å²) in [6, 6.07) is 13.0. The van der Waals surface area contributed by atoms with Crippen LogP contribution in [0, 0.1) is 11.3 Å². The standard InChI is InChI=1S/C21H21N5O3/c1-3-29-17-9-7-15(12-18(17)28-2)8-10-20(27)25-21-16(13-22)14-24-26(21)19-6-4-5-11-23-19/h4-7,9,11-12,14H,3,8,10H2,1-2H3,(H,25,27). The van der Waals surface area contributed by atoms with Crippen molar-refractivity contribution in [2.75, 3.05) is 19.0 Å². The van der Waals surface area contributed by atoms with Crippen molar-refractivity contribution < 1.29 is 14.3 Å². The number of carbonyl (C=O) groups excluding carboxylic acids is 1. The smallest absolute Gasteiger partial charge is 0.225 e. The van der Waals surface area contributed by atoms with Gasteiger partial charge in [-0.2, -0.15) is 15.0 Å². The van der Waals surface area contributed by atoms with Crippen molar-refractivity contribution in [3.63, 3.8) is 0 Å². The summed E-state index contributed by atoms with van der Waals surface area (Å²) in [4.78, 5) is 16.7. The van der Waals surface area contributed by atoms with Gasteiger partial charge in [-0.3, -0.25) is 4.79 Å². The highest BCUT2D eigenvalue weighted by atomic mass is 16.5. The third-order valence-electron chi connectivity index (χ3n) is 4.18. The number of pyridine rings is 1. The number of aromatic nitrogens is 3. The SMILES string of the molecule is CCOc1ccc(CCC(=O)Nc2c(C#N)cnn2-c2ccccn2)cc1OC. The monoisotopic (exact) mass is 391 g/mol. The molecule has 0 aliphatic rings. The molecule has 0 saturated heterocycles. The Balaban J connectivity index is 1.71. The molecule has 0 atom stereocenters. The van der Waals surface area contributed by atoms with Crippen molar-refractivity contribution in [3.05, 3.63) is 59.9 Å². The van der Waals surface area contributed by atoms with Gasteiger partial charge in [0.2, 0.25) is 5.91 Å². The Bertz CT molecular complexity index is 1020. The lowest BCUT2D eigenvalue weighted by Crippen LogP contribution is -2.16. The quantitative estimate of drug-likeness (QED) is 0.633. The van der Waals surface area contributed by atoms with E-state index in [9.17, 15) is 10.1 Å². The Morgan fingerprint density at radius 1 is 1.28 bits per heavy atom. The van der Waals surface area contributed by atoms with Crippen LogP contribution in [0.3, 0.4) is 0 Å². The lowest BCUT2D eigenvalue weighted by molar-refractivity contribution is -0.116. The zero-order valence-electron chi connectivity index (χ0n) is 16.3. The average Bonchev–Trinajstić information content (AvgIpc) is 3.16. The zero-order chi connectivity index (χ0) is 20.6. The summed E-state index contributed by atoms with van der Waals surface area (Å²) in [6.45, 7) is 2.45. The molecule has 2 heterocycles. The van der Waals surface area contributed by atoms with Crippen LogP contribution in [0.1, 0.15) is 24.5 Å². The highest BCUT2D eigenvalue weighted by Crippen LogP contribution is 2.28. The van der Waals surface area contributed by atoms with Gasteiger partial charge in [0.05, 0.1) is 19.9 Å². The molecular formula is C21H21N5O3. The van der Waals surface area contributed by atoms with E-state index in [1.54, 1.807) is 31.5 Å². The first-order chi connectivity index (χ1) is 14.2. The van der Waals surface area contributed by atoms with E-state index in [0.717, 1.165) is 5.56 Å². The molecule has 0 saturated carbocycles. The van der Waals surface area contributed by atoms with Gasteiger partial charge in [0.1, 0.15) is 11.6 Å². The van der Waals surface area contributed by atoms with Crippen LogP contribution in [0.4, 0.5) is 5.82 Å². The molecular weight excluding hydrogens is 370 g/mol. The lowest BCUT2D eigenvalue weighted by Gasteiger charge is -2.11. The highest BCUT2D eigenvalue weighted by molar-refractivity contribution is 5.91. The van der Waals surface area contributed by atoms with Gasteiger partial charge >= 0.3 is 0 Å². The number of ether oxygens (including phenoxy) is 2. The molecule has 0 spiro atoms. The van der Waals surface area contributed by atoms with Gasteiger partial charge in [0, 0.05) is 12.6 Å². The van der Waals surface area contributed by atoms with Crippen molar-refractivity contribution in [1.82, 2.24) is 14.8 Å². The molecule has 0 aliphatic carbocycles. The Kier molecular flexibility index (Phi) is 6.43. The predicted molar refractivity (Wildman–Crippen MR) is 107 cm³/mol. The van der Waals surface area contributed by atoms with Gasteiger partial charge in [0.15, 0.2) is 23.1 Å². The number of amides is 1. The van der Waals surface area contributed by atoms with Gasteiger partial charge in [-0.15, -0.1) is 0 Å². The molecule has 0 bridgehead atoms. The summed E-state index contributed by atoms with van der Waals surface area (Å²) in [7, 11) is 1.58. The number of methoxy groups -OCH3 is 1. The second kappa shape index (κ2) is 9.37. The van der Waals surface area contributed by atoms with Crippen molar-refractivity contribution in [2.45, 2.75) is 19.8 Å². The summed E-state index contributed by atoms with van der Waals surface area (Å²) in [5, 5.41) is 16.3. The van der Waals surface area contributed by atoms with E-state index in [4.69, 9.17) is 9.47 Å². The number of hydrogen-bond donors (Lipinski definition) is 1. The number of rotatable bonds is 8. The fourth-order valence-electron chi connectivity index (χ4n) is 2.80. The number of nitrogens with zero attached hydrogens (tertiary/aromatic N) is 4. The third kappa shape index (κ3) is 4.71. The van der Waals surface area contributed by atoms with Crippen molar-refractivity contribution in [2.24, 2.45) is 0 Å². The maximum absolute atomic E-state index is 12.5.